The molecular formula is C31H39N5O3. The zero-order valence-corrected chi connectivity index (χ0v) is 22.4. The summed E-state index contributed by atoms with van der Waals surface area (Å²) in [5, 5.41) is 21.0. The zero-order valence-electron chi connectivity index (χ0n) is 22.4. The fourth-order valence-corrected chi connectivity index (χ4v) is 7.17. The van der Waals surface area contributed by atoms with Crippen molar-refractivity contribution in [3.8, 4) is 0 Å². The van der Waals surface area contributed by atoms with Crippen molar-refractivity contribution in [2.24, 2.45) is 17.8 Å². The highest BCUT2D eigenvalue weighted by Gasteiger charge is 2.49. The number of fused-ring (bicyclic) bond motifs is 6. The Labute approximate surface area is 229 Å². The summed E-state index contributed by atoms with van der Waals surface area (Å²) in [5.74, 6) is 0.158. The summed E-state index contributed by atoms with van der Waals surface area (Å²) < 4.78 is 0. The van der Waals surface area contributed by atoms with Gasteiger partial charge in [0.25, 0.3) is 0 Å². The van der Waals surface area contributed by atoms with E-state index in [-0.39, 0.29) is 29.8 Å². The number of urea groups is 1. The minimum atomic E-state index is -0.606. The summed E-state index contributed by atoms with van der Waals surface area (Å²) in [7, 11) is 0. The Balaban J connectivity index is 1.03. The van der Waals surface area contributed by atoms with Gasteiger partial charge in [-0.2, -0.15) is 0 Å². The lowest BCUT2D eigenvalue weighted by Crippen LogP contribution is -2.55. The Hall–Kier alpha value is -3.36. The topological polar surface area (TPSA) is 109 Å². The third-order valence-electron chi connectivity index (χ3n) is 9.09. The quantitative estimate of drug-likeness (QED) is 0.302. The minimum absolute atomic E-state index is 0.0492. The number of nitrogens with one attached hydrogen (secondary N) is 4. The molecule has 1 unspecified atom stereocenters. The summed E-state index contributed by atoms with van der Waals surface area (Å²) >= 11 is 0. The van der Waals surface area contributed by atoms with Gasteiger partial charge in [-0.05, 0) is 61.1 Å². The Bertz CT molecular complexity index is 1310. The predicted molar refractivity (Wildman–Crippen MR) is 151 cm³/mol. The number of aromatic nitrogens is 1. The number of benzene rings is 2. The lowest BCUT2D eigenvalue weighted by atomic mass is 9.64. The average Bonchev–Trinajstić information content (AvgIpc) is 3.34. The van der Waals surface area contributed by atoms with E-state index in [0.717, 1.165) is 37.9 Å². The molecule has 8 heteroatoms. The third kappa shape index (κ3) is 5.40. The van der Waals surface area contributed by atoms with Crippen LogP contribution in [-0.2, 0) is 17.8 Å². The fraction of sp³-hybridized carbons (Fsp3) is 0.484. The number of para-hydroxylation sites is 1. The number of nitrogens with zero attached hydrogens (tertiary/aromatic N) is 1. The molecule has 0 bridgehead atoms. The van der Waals surface area contributed by atoms with Gasteiger partial charge in [0.05, 0.1) is 18.1 Å². The van der Waals surface area contributed by atoms with Crippen LogP contribution < -0.4 is 16.0 Å². The van der Waals surface area contributed by atoms with E-state index in [9.17, 15) is 14.7 Å². The molecule has 3 aromatic rings. The van der Waals surface area contributed by atoms with Gasteiger partial charge in [-0.1, -0.05) is 48.5 Å². The summed E-state index contributed by atoms with van der Waals surface area (Å²) in [4.78, 5) is 31.7. The molecule has 1 aliphatic carbocycles. The van der Waals surface area contributed by atoms with Crippen molar-refractivity contribution in [2.45, 2.75) is 50.8 Å². The first-order chi connectivity index (χ1) is 19.1. The number of carbonyl (C=O) groups is 2. The van der Waals surface area contributed by atoms with E-state index in [1.807, 2.05) is 30.3 Å². The summed E-state index contributed by atoms with van der Waals surface area (Å²) in [6.45, 7) is 3.46. The van der Waals surface area contributed by atoms with Crippen LogP contribution >= 0.6 is 0 Å². The predicted octanol–water partition coefficient (Wildman–Crippen LogP) is 3.48. The maximum Gasteiger partial charge on any atom is 0.315 e. The number of hydrogen-bond acceptors (Lipinski definition) is 4. The average molecular weight is 530 g/mol. The summed E-state index contributed by atoms with van der Waals surface area (Å²) in [6.07, 6.45) is 3.63. The number of rotatable bonds is 7. The lowest BCUT2D eigenvalue weighted by molar-refractivity contribution is -0.139. The molecule has 3 aliphatic rings. The SMILES string of the molecule is O=C(NCCCNC(=O)C1[C@H]2C[C@H]3c4[nH]c5ccccc5c4CCN3C[C@@H]2CC[C@@H]1O)NCc1ccccc1. The molecule has 5 atom stereocenters. The van der Waals surface area contributed by atoms with Crippen molar-refractivity contribution < 1.29 is 14.7 Å². The van der Waals surface area contributed by atoms with Gasteiger partial charge in [0.15, 0.2) is 0 Å². The second-order valence-corrected chi connectivity index (χ2v) is 11.4. The fourth-order valence-electron chi connectivity index (χ4n) is 7.17. The number of piperidine rings is 1. The van der Waals surface area contributed by atoms with Crippen molar-refractivity contribution in [1.82, 2.24) is 25.8 Å². The molecule has 6 rings (SSSR count). The molecular weight excluding hydrogens is 490 g/mol. The number of aromatic amines is 1. The van der Waals surface area contributed by atoms with E-state index in [1.54, 1.807) is 0 Å². The van der Waals surface area contributed by atoms with Crippen molar-refractivity contribution in [1.29, 1.82) is 0 Å². The van der Waals surface area contributed by atoms with Gasteiger partial charge in [-0.3, -0.25) is 9.69 Å². The number of carbonyl (C=O) groups excluding carboxylic acids is 2. The second-order valence-electron chi connectivity index (χ2n) is 11.4. The lowest BCUT2D eigenvalue weighted by Gasteiger charge is -2.51. The molecule has 0 spiro atoms. The van der Waals surface area contributed by atoms with Gasteiger partial charge >= 0.3 is 6.03 Å². The highest BCUT2D eigenvalue weighted by Crippen LogP contribution is 2.49. The first kappa shape index (κ1) is 25.9. The number of hydrogen-bond donors (Lipinski definition) is 5. The molecule has 2 aliphatic heterocycles. The molecule has 1 aromatic heterocycles. The molecule has 2 aromatic carbocycles. The molecule has 1 saturated heterocycles. The van der Waals surface area contributed by atoms with Crippen LogP contribution in [0.3, 0.4) is 0 Å². The molecule has 39 heavy (non-hydrogen) atoms. The van der Waals surface area contributed by atoms with Crippen LogP contribution in [0.5, 0.6) is 0 Å². The van der Waals surface area contributed by atoms with Crippen LogP contribution in [0.4, 0.5) is 4.79 Å². The Morgan fingerprint density at radius 3 is 2.64 bits per heavy atom. The zero-order chi connectivity index (χ0) is 26.8. The molecule has 0 radical (unpaired) electrons. The molecule has 8 nitrogen and oxygen atoms in total. The van der Waals surface area contributed by atoms with E-state index < -0.39 is 6.10 Å². The maximum atomic E-state index is 13.4. The van der Waals surface area contributed by atoms with Crippen molar-refractivity contribution >= 4 is 22.8 Å². The van der Waals surface area contributed by atoms with E-state index in [2.05, 4.69) is 50.1 Å². The highest BCUT2D eigenvalue weighted by atomic mass is 16.3. The minimum Gasteiger partial charge on any atom is -0.392 e. The van der Waals surface area contributed by atoms with E-state index >= 15 is 0 Å². The number of aliphatic hydroxyl groups excluding tert-OH is 1. The Morgan fingerprint density at radius 2 is 1.77 bits per heavy atom. The number of H-pyrrole nitrogens is 1. The van der Waals surface area contributed by atoms with E-state index in [4.69, 9.17) is 0 Å². The molecule has 3 amide bonds. The first-order valence-electron chi connectivity index (χ1n) is 14.4. The van der Waals surface area contributed by atoms with Gasteiger partial charge < -0.3 is 26.0 Å². The van der Waals surface area contributed by atoms with E-state index in [0.29, 0.717) is 38.4 Å². The highest BCUT2D eigenvalue weighted by molar-refractivity contribution is 5.85. The first-order valence-corrected chi connectivity index (χ1v) is 14.4. The van der Waals surface area contributed by atoms with Gasteiger partial charge in [-0.25, -0.2) is 4.79 Å². The molecule has 2 fully saturated rings. The summed E-state index contributed by atoms with van der Waals surface area (Å²) in [5.41, 5.74) is 4.95. The number of amides is 3. The number of aliphatic hydroxyl groups is 1. The van der Waals surface area contributed by atoms with Crippen LogP contribution in [0.1, 0.15) is 48.5 Å². The largest absolute Gasteiger partial charge is 0.392 e. The maximum absolute atomic E-state index is 13.4. The van der Waals surface area contributed by atoms with Gasteiger partial charge in [-0.15, -0.1) is 0 Å². The standard InChI is InChI=1S/C31H39N5O3/c37-27-12-11-21-19-36-16-13-23-22-9-4-5-10-25(22)35-29(23)26(36)17-24(21)28(27)30(38)32-14-6-15-33-31(39)34-18-20-7-2-1-3-8-20/h1-5,7-10,21,24,26-28,35,37H,6,11-19H2,(H,32,38)(H2,33,34,39)/t21-,24-,26-,27-,28?/m0/s1. The van der Waals surface area contributed by atoms with Crippen LogP contribution in [0, 0.1) is 17.8 Å². The van der Waals surface area contributed by atoms with Gasteiger partial charge in [0.2, 0.25) is 5.91 Å². The molecule has 3 heterocycles. The molecule has 1 saturated carbocycles. The van der Waals surface area contributed by atoms with Crippen molar-refractivity contribution in [3.05, 3.63) is 71.4 Å². The van der Waals surface area contributed by atoms with Crippen LogP contribution in [0.2, 0.25) is 0 Å². The smallest absolute Gasteiger partial charge is 0.315 e. The van der Waals surface area contributed by atoms with Crippen molar-refractivity contribution in [3.63, 3.8) is 0 Å². The van der Waals surface area contributed by atoms with Crippen LogP contribution in [0.25, 0.3) is 10.9 Å². The van der Waals surface area contributed by atoms with Crippen LogP contribution in [-0.4, -0.2) is 59.2 Å². The van der Waals surface area contributed by atoms with Gasteiger partial charge in [0.1, 0.15) is 0 Å². The third-order valence-corrected chi connectivity index (χ3v) is 9.09. The van der Waals surface area contributed by atoms with Crippen molar-refractivity contribution in [2.75, 3.05) is 26.2 Å². The summed E-state index contributed by atoms with van der Waals surface area (Å²) in [6, 6.07) is 18.3. The second kappa shape index (κ2) is 11.4. The molecule has 5 N–H and O–H groups in total. The Morgan fingerprint density at radius 1 is 0.974 bits per heavy atom. The van der Waals surface area contributed by atoms with Crippen LogP contribution in [0.15, 0.2) is 54.6 Å². The van der Waals surface area contributed by atoms with Gasteiger partial charge in [0, 0.05) is 49.3 Å². The van der Waals surface area contributed by atoms with E-state index in [1.165, 1.54) is 22.2 Å². The Kier molecular flexibility index (Phi) is 7.57. The monoisotopic (exact) mass is 529 g/mol. The normalized spacial score (nSPS) is 26.2. The molecule has 206 valence electrons.